The molecule has 0 aromatic rings. The van der Waals surface area contributed by atoms with Crippen LogP contribution >= 0.6 is 0 Å². The predicted molar refractivity (Wildman–Crippen MR) is 74.4 cm³/mol. The molecular weight excluding hydrogens is 226 g/mol. The van der Waals surface area contributed by atoms with E-state index in [4.69, 9.17) is 4.74 Å². The number of rotatable bonds is 4. The molecule has 1 fully saturated rings. The summed E-state index contributed by atoms with van der Waals surface area (Å²) in [5.74, 6) is 1.32. The van der Waals surface area contributed by atoms with E-state index in [-0.39, 0.29) is 5.92 Å². The van der Waals surface area contributed by atoms with Crippen LogP contribution in [0.3, 0.4) is 0 Å². The standard InChI is InChI=1S/C15H29NO2/c1-15(2,3)13-8-6-12(7-9-13)14(17)16(4)10-11-18-5/h12-13H,6-11H2,1-5H3. The van der Waals surface area contributed by atoms with Crippen molar-refractivity contribution < 1.29 is 9.53 Å². The lowest BCUT2D eigenvalue weighted by Crippen LogP contribution is -2.38. The number of nitrogens with zero attached hydrogens (tertiary/aromatic N) is 1. The highest BCUT2D eigenvalue weighted by Gasteiger charge is 2.33. The van der Waals surface area contributed by atoms with Gasteiger partial charge in [-0.05, 0) is 37.0 Å². The zero-order valence-corrected chi connectivity index (χ0v) is 12.7. The molecule has 3 nitrogen and oxygen atoms in total. The summed E-state index contributed by atoms with van der Waals surface area (Å²) in [6.07, 6.45) is 4.49. The summed E-state index contributed by atoms with van der Waals surface area (Å²) >= 11 is 0. The van der Waals surface area contributed by atoms with Gasteiger partial charge in [0.1, 0.15) is 0 Å². The molecule has 106 valence electrons. The largest absolute Gasteiger partial charge is 0.383 e. The number of amides is 1. The van der Waals surface area contributed by atoms with Crippen LogP contribution in [0.5, 0.6) is 0 Å². The molecule has 18 heavy (non-hydrogen) atoms. The molecular formula is C15H29NO2. The van der Waals surface area contributed by atoms with Gasteiger partial charge in [0.25, 0.3) is 0 Å². The van der Waals surface area contributed by atoms with Gasteiger partial charge in [0.15, 0.2) is 0 Å². The highest BCUT2D eigenvalue weighted by Crippen LogP contribution is 2.40. The number of likely N-dealkylation sites (N-methyl/N-ethyl adjacent to an activating group) is 1. The van der Waals surface area contributed by atoms with Gasteiger partial charge in [-0.25, -0.2) is 0 Å². The number of hydrogen-bond acceptors (Lipinski definition) is 2. The lowest BCUT2D eigenvalue weighted by atomic mass is 9.69. The zero-order chi connectivity index (χ0) is 13.8. The van der Waals surface area contributed by atoms with E-state index < -0.39 is 0 Å². The summed E-state index contributed by atoms with van der Waals surface area (Å²) < 4.78 is 5.02. The first-order chi connectivity index (χ1) is 8.36. The summed E-state index contributed by atoms with van der Waals surface area (Å²) in [5, 5.41) is 0. The van der Waals surface area contributed by atoms with E-state index in [1.165, 1.54) is 12.8 Å². The van der Waals surface area contributed by atoms with Gasteiger partial charge in [0.05, 0.1) is 6.61 Å². The molecule has 0 spiro atoms. The molecule has 0 N–H and O–H groups in total. The zero-order valence-electron chi connectivity index (χ0n) is 12.7. The van der Waals surface area contributed by atoms with E-state index in [2.05, 4.69) is 20.8 Å². The first-order valence-electron chi connectivity index (χ1n) is 7.10. The predicted octanol–water partition coefficient (Wildman–Crippen LogP) is 2.94. The van der Waals surface area contributed by atoms with Crippen LogP contribution in [0.4, 0.5) is 0 Å². The van der Waals surface area contributed by atoms with Crippen molar-refractivity contribution in [2.45, 2.75) is 46.5 Å². The molecule has 1 aliphatic carbocycles. The van der Waals surface area contributed by atoms with E-state index in [9.17, 15) is 4.79 Å². The van der Waals surface area contributed by atoms with Crippen molar-refractivity contribution in [3.8, 4) is 0 Å². The average Bonchev–Trinajstić information content (AvgIpc) is 2.34. The van der Waals surface area contributed by atoms with Crippen molar-refractivity contribution in [1.29, 1.82) is 0 Å². The second kappa shape index (κ2) is 6.55. The lowest BCUT2D eigenvalue weighted by molar-refractivity contribution is -0.136. The fourth-order valence-corrected chi connectivity index (χ4v) is 2.86. The third-order valence-corrected chi connectivity index (χ3v) is 4.31. The Kier molecular flexibility index (Phi) is 5.64. The van der Waals surface area contributed by atoms with Gasteiger partial charge in [-0.2, -0.15) is 0 Å². The van der Waals surface area contributed by atoms with Gasteiger partial charge in [-0.1, -0.05) is 20.8 Å². The number of carbonyl (C=O) groups excluding carboxylic acids is 1. The monoisotopic (exact) mass is 255 g/mol. The molecule has 0 aromatic heterocycles. The van der Waals surface area contributed by atoms with E-state index in [0.717, 1.165) is 18.8 Å². The fraction of sp³-hybridized carbons (Fsp3) is 0.933. The normalized spacial score (nSPS) is 24.9. The second-order valence-electron chi connectivity index (χ2n) is 6.67. The molecule has 1 aliphatic rings. The minimum absolute atomic E-state index is 0.241. The van der Waals surface area contributed by atoms with Crippen LogP contribution < -0.4 is 0 Å². The number of methoxy groups -OCH3 is 1. The molecule has 1 saturated carbocycles. The van der Waals surface area contributed by atoms with Crippen LogP contribution in [0.25, 0.3) is 0 Å². The van der Waals surface area contributed by atoms with Crippen molar-refractivity contribution in [2.75, 3.05) is 27.3 Å². The molecule has 1 rings (SSSR count). The summed E-state index contributed by atoms with van der Waals surface area (Å²) in [6, 6.07) is 0. The maximum atomic E-state index is 12.2. The molecule has 3 heteroatoms. The minimum atomic E-state index is 0.241. The number of carbonyl (C=O) groups is 1. The van der Waals surface area contributed by atoms with Gasteiger partial charge in [-0.3, -0.25) is 4.79 Å². The number of ether oxygens (including phenoxy) is 1. The maximum absolute atomic E-state index is 12.2. The van der Waals surface area contributed by atoms with Crippen LogP contribution in [0.15, 0.2) is 0 Å². The van der Waals surface area contributed by atoms with Crippen LogP contribution in [-0.4, -0.2) is 38.1 Å². The van der Waals surface area contributed by atoms with Gasteiger partial charge in [0.2, 0.25) is 5.91 Å². The number of hydrogen-bond donors (Lipinski definition) is 0. The first-order valence-corrected chi connectivity index (χ1v) is 7.10. The van der Waals surface area contributed by atoms with Crippen LogP contribution in [0.2, 0.25) is 0 Å². The van der Waals surface area contributed by atoms with E-state index in [0.29, 0.717) is 24.5 Å². The Balaban J connectivity index is 2.40. The Morgan fingerprint density at radius 3 is 2.22 bits per heavy atom. The third kappa shape index (κ3) is 4.27. The van der Waals surface area contributed by atoms with E-state index in [1.54, 1.807) is 7.11 Å². The third-order valence-electron chi connectivity index (χ3n) is 4.31. The van der Waals surface area contributed by atoms with Crippen molar-refractivity contribution in [2.24, 2.45) is 17.3 Å². The molecule has 1 amide bonds. The Labute approximate surface area is 112 Å². The Hall–Kier alpha value is -0.570. The van der Waals surface area contributed by atoms with Gasteiger partial charge in [-0.15, -0.1) is 0 Å². The van der Waals surface area contributed by atoms with Gasteiger partial charge >= 0.3 is 0 Å². The molecule has 0 radical (unpaired) electrons. The van der Waals surface area contributed by atoms with Gasteiger partial charge in [0, 0.05) is 26.6 Å². The van der Waals surface area contributed by atoms with Crippen molar-refractivity contribution in [3.05, 3.63) is 0 Å². The van der Waals surface area contributed by atoms with E-state index >= 15 is 0 Å². The second-order valence-corrected chi connectivity index (χ2v) is 6.67. The molecule has 0 aromatic carbocycles. The molecule has 0 bridgehead atoms. The highest BCUT2D eigenvalue weighted by atomic mass is 16.5. The van der Waals surface area contributed by atoms with Crippen LogP contribution in [0.1, 0.15) is 46.5 Å². The van der Waals surface area contributed by atoms with Crippen molar-refractivity contribution in [3.63, 3.8) is 0 Å². The maximum Gasteiger partial charge on any atom is 0.225 e. The summed E-state index contributed by atoms with van der Waals surface area (Å²) in [6.45, 7) is 8.26. The Morgan fingerprint density at radius 1 is 1.22 bits per heavy atom. The highest BCUT2D eigenvalue weighted by molar-refractivity contribution is 5.78. The van der Waals surface area contributed by atoms with Crippen molar-refractivity contribution in [1.82, 2.24) is 4.90 Å². The first kappa shape index (κ1) is 15.5. The SMILES string of the molecule is COCCN(C)C(=O)C1CCC(C(C)(C)C)CC1. The smallest absolute Gasteiger partial charge is 0.225 e. The summed E-state index contributed by atoms with van der Waals surface area (Å²) in [7, 11) is 3.56. The summed E-state index contributed by atoms with van der Waals surface area (Å²) in [5.41, 5.74) is 0.385. The Morgan fingerprint density at radius 2 is 1.78 bits per heavy atom. The minimum Gasteiger partial charge on any atom is -0.383 e. The van der Waals surface area contributed by atoms with Crippen molar-refractivity contribution >= 4 is 5.91 Å². The molecule has 0 atom stereocenters. The topological polar surface area (TPSA) is 29.5 Å². The Bertz CT molecular complexity index is 262. The van der Waals surface area contributed by atoms with Crippen LogP contribution in [0, 0.1) is 17.3 Å². The molecule has 0 aliphatic heterocycles. The lowest BCUT2D eigenvalue weighted by Gasteiger charge is -2.37. The average molecular weight is 255 g/mol. The fourth-order valence-electron chi connectivity index (χ4n) is 2.86. The van der Waals surface area contributed by atoms with Gasteiger partial charge < -0.3 is 9.64 Å². The molecule has 0 saturated heterocycles. The molecule has 0 heterocycles. The van der Waals surface area contributed by atoms with Crippen LogP contribution in [-0.2, 0) is 9.53 Å². The van der Waals surface area contributed by atoms with E-state index in [1.807, 2.05) is 11.9 Å². The summed E-state index contributed by atoms with van der Waals surface area (Å²) in [4.78, 5) is 14.1. The molecule has 0 unspecified atom stereocenters. The quantitative estimate of drug-likeness (QED) is 0.773.